The summed E-state index contributed by atoms with van der Waals surface area (Å²) in [4.78, 5) is 0. The quantitative estimate of drug-likeness (QED) is 0.325. The molecule has 0 amide bonds. The molecule has 0 bridgehead atoms. The summed E-state index contributed by atoms with van der Waals surface area (Å²) in [6.45, 7) is 0. The number of nitrogens with one attached hydrogen (secondary N) is 1. The van der Waals surface area contributed by atoms with E-state index in [4.69, 9.17) is 21.7 Å². The Morgan fingerprint density at radius 1 is 1.32 bits per heavy atom. The molecule has 1 unspecified atom stereocenters. The number of hydrogen-bond acceptors (Lipinski definition) is 4. The molecule has 1 rings (SSSR count). The van der Waals surface area contributed by atoms with Crippen molar-refractivity contribution in [3.63, 3.8) is 0 Å². The van der Waals surface area contributed by atoms with Crippen LogP contribution in [-0.4, -0.2) is 20.3 Å². The Kier molecular flexibility index (Phi) is 6.80. The molecule has 19 heavy (non-hydrogen) atoms. The highest BCUT2D eigenvalue weighted by Crippen LogP contribution is 2.28. The zero-order valence-corrected chi connectivity index (χ0v) is 11.6. The van der Waals surface area contributed by atoms with Crippen LogP contribution in [-0.2, 0) is 6.42 Å². The van der Waals surface area contributed by atoms with Crippen LogP contribution >= 0.6 is 0 Å². The first-order valence-corrected chi connectivity index (χ1v) is 6.35. The number of methoxy groups -OCH3 is 2. The fourth-order valence-corrected chi connectivity index (χ4v) is 1.99. The van der Waals surface area contributed by atoms with Gasteiger partial charge in [0.05, 0.1) is 14.2 Å². The predicted octanol–water partition coefficient (Wildman–Crippen LogP) is 1.88. The van der Waals surface area contributed by atoms with Crippen LogP contribution in [0.4, 0.5) is 0 Å². The van der Waals surface area contributed by atoms with Crippen LogP contribution in [0, 0.1) is 12.3 Å². The van der Waals surface area contributed by atoms with Crippen molar-refractivity contribution in [3.05, 3.63) is 23.8 Å². The van der Waals surface area contributed by atoms with Crippen LogP contribution in [0.2, 0.25) is 0 Å². The second kappa shape index (κ2) is 8.41. The SMILES string of the molecule is C#CCCCC(Cc1ccc(OC)c(OC)c1)NN. The Hall–Kier alpha value is -1.70. The van der Waals surface area contributed by atoms with Gasteiger partial charge in [-0.05, 0) is 37.0 Å². The molecule has 0 aliphatic rings. The number of terminal acetylenes is 1. The summed E-state index contributed by atoms with van der Waals surface area (Å²) in [6, 6.07) is 6.12. The van der Waals surface area contributed by atoms with E-state index in [2.05, 4.69) is 11.3 Å². The lowest BCUT2D eigenvalue weighted by atomic mass is 10.0. The highest BCUT2D eigenvalue weighted by Gasteiger charge is 2.10. The summed E-state index contributed by atoms with van der Waals surface area (Å²) in [6.07, 6.45) is 8.79. The van der Waals surface area contributed by atoms with E-state index in [1.807, 2.05) is 18.2 Å². The largest absolute Gasteiger partial charge is 0.493 e. The molecule has 0 aromatic heterocycles. The summed E-state index contributed by atoms with van der Waals surface area (Å²) in [5.41, 5.74) is 3.99. The van der Waals surface area contributed by atoms with Crippen molar-refractivity contribution in [3.8, 4) is 23.8 Å². The van der Waals surface area contributed by atoms with E-state index in [9.17, 15) is 0 Å². The summed E-state index contributed by atoms with van der Waals surface area (Å²) in [7, 11) is 3.26. The minimum atomic E-state index is 0.214. The highest BCUT2D eigenvalue weighted by atomic mass is 16.5. The van der Waals surface area contributed by atoms with Crippen molar-refractivity contribution in [2.75, 3.05) is 14.2 Å². The first kappa shape index (κ1) is 15.4. The van der Waals surface area contributed by atoms with E-state index >= 15 is 0 Å². The van der Waals surface area contributed by atoms with Crippen molar-refractivity contribution >= 4 is 0 Å². The minimum absolute atomic E-state index is 0.214. The maximum absolute atomic E-state index is 5.57. The predicted molar refractivity (Wildman–Crippen MR) is 77.0 cm³/mol. The third-order valence-electron chi connectivity index (χ3n) is 3.04. The molecule has 1 atom stereocenters. The number of rotatable bonds is 8. The molecule has 4 heteroatoms. The fourth-order valence-electron chi connectivity index (χ4n) is 1.99. The molecule has 4 nitrogen and oxygen atoms in total. The molecule has 1 aromatic rings. The molecule has 0 heterocycles. The molecule has 3 N–H and O–H groups in total. The van der Waals surface area contributed by atoms with Crippen molar-refractivity contribution < 1.29 is 9.47 Å². The smallest absolute Gasteiger partial charge is 0.160 e. The monoisotopic (exact) mass is 262 g/mol. The van der Waals surface area contributed by atoms with E-state index in [1.54, 1.807) is 14.2 Å². The number of ether oxygens (including phenoxy) is 2. The molecule has 0 spiro atoms. The summed E-state index contributed by atoms with van der Waals surface area (Å²) >= 11 is 0. The van der Waals surface area contributed by atoms with E-state index in [0.717, 1.165) is 42.7 Å². The average Bonchev–Trinajstić information content (AvgIpc) is 2.46. The molecule has 1 aromatic carbocycles. The Bertz CT molecular complexity index is 427. The van der Waals surface area contributed by atoms with Crippen molar-refractivity contribution in [2.24, 2.45) is 5.84 Å². The van der Waals surface area contributed by atoms with Crippen LogP contribution in [0.3, 0.4) is 0 Å². The molecule has 0 aliphatic carbocycles. The van der Waals surface area contributed by atoms with Gasteiger partial charge in [0.2, 0.25) is 0 Å². The zero-order valence-electron chi connectivity index (χ0n) is 11.6. The van der Waals surface area contributed by atoms with Crippen LogP contribution in [0.5, 0.6) is 11.5 Å². The van der Waals surface area contributed by atoms with Gasteiger partial charge in [0.25, 0.3) is 0 Å². The number of hydrogen-bond donors (Lipinski definition) is 2. The standard InChI is InChI=1S/C15H22N2O2/c1-4-5-6-7-13(17-16)10-12-8-9-14(18-2)15(11-12)19-3/h1,8-9,11,13,17H,5-7,10,16H2,2-3H3. The summed E-state index contributed by atoms with van der Waals surface area (Å²) in [5, 5.41) is 0. The third kappa shape index (κ3) is 4.82. The fraction of sp³-hybridized carbons (Fsp3) is 0.467. The van der Waals surface area contributed by atoms with Gasteiger partial charge in [0, 0.05) is 12.5 Å². The van der Waals surface area contributed by atoms with Crippen molar-refractivity contribution in [2.45, 2.75) is 31.7 Å². The number of benzene rings is 1. The Morgan fingerprint density at radius 2 is 2.05 bits per heavy atom. The first-order chi connectivity index (χ1) is 9.24. The minimum Gasteiger partial charge on any atom is -0.493 e. The molecule has 0 radical (unpaired) electrons. The molecule has 0 saturated heterocycles. The average molecular weight is 262 g/mol. The topological polar surface area (TPSA) is 56.5 Å². The van der Waals surface area contributed by atoms with E-state index < -0.39 is 0 Å². The van der Waals surface area contributed by atoms with Crippen LogP contribution in [0.15, 0.2) is 18.2 Å². The van der Waals surface area contributed by atoms with Gasteiger partial charge in [-0.1, -0.05) is 6.07 Å². The van der Waals surface area contributed by atoms with E-state index in [-0.39, 0.29) is 6.04 Å². The van der Waals surface area contributed by atoms with Gasteiger partial charge in [0.15, 0.2) is 11.5 Å². The van der Waals surface area contributed by atoms with E-state index in [0.29, 0.717) is 0 Å². The molecule has 104 valence electrons. The van der Waals surface area contributed by atoms with E-state index in [1.165, 1.54) is 0 Å². The lowest BCUT2D eigenvalue weighted by Gasteiger charge is -2.16. The van der Waals surface area contributed by atoms with Gasteiger partial charge in [-0.3, -0.25) is 11.3 Å². The first-order valence-electron chi connectivity index (χ1n) is 6.35. The maximum atomic E-state index is 5.57. The second-order valence-electron chi connectivity index (χ2n) is 4.35. The van der Waals surface area contributed by atoms with Crippen molar-refractivity contribution in [1.29, 1.82) is 0 Å². The lowest BCUT2D eigenvalue weighted by Crippen LogP contribution is -2.36. The Morgan fingerprint density at radius 3 is 2.63 bits per heavy atom. The van der Waals surface area contributed by atoms with Gasteiger partial charge in [-0.25, -0.2) is 0 Å². The summed E-state index contributed by atoms with van der Waals surface area (Å²) < 4.78 is 10.5. The molecule has 0 aliphatic heterocycles. The lowest BCUT2D eigenvalue weighted by molar-refractivity contribution is 0.354. The summed E-state index contributed by atoms with van der Waals surface area (Å²) in [5.74, 6) is 9.68. The van der Waals surface area contributed by atoms with Crippen LogP contribution < -0.4 is 20.7 Å². The van der Waals surface area contributed by atoms with Crippen LogP contribution in [0.25, 0.3) is 0 Å². The maximum Gasteiger partial charge on any atom is 0.160 e. The van der Waals surface area contributed by atoms with Crippen LogP contribution in [0.1, 0.15) is 24.8 Å². The van der Waals surface area contributed by atoms with Gasteiger partial charge in [0.1, 0.15) is 0 Å². The third-order valence-corrected chi connectivity index (χ3v) is 3.04. The number of hydrazine groups is 1. The second-order valence-corrected chi connectivity index (χ2v) is 4.35. The highest BCUT2D eigenvalue weighted by molar-refractivity contribution is 5.43. The zero-order chi connectivity index (χ0) is 14.1. The van der Waals surface area contributed by atoms with Crippen molar-refractivity contribution in [1.82, 2.24) is 5.43 Å². The molecule has 0 fully saturated rings. The normalized spacial score (nSPS) is 11.7. The van der Waals surface area contributed by atoms with Gasteiger partial charge < -0.3 is 9.47 Å². The Balaban J connectivity index is 2.66. The molecular formula is C15H22N2O2. The van der Waals surface area contributed by atoms with Gasteiger partial charge >= 0.3 is 0 Å². The Labute approximate surface area is 115 Å². The van der Waals surface area contributed by atoms with Gasteiger partial charge in [-0.2, -0.15) is 0 Å². The molecule has 0 saturated carbocycles. The number of nitrogens with two attached hydrogens (primary N) is 1. The van der Waals surface area contributed by atoms with Gasteiger partial charge in [-0.15, -0.1) is 12.3 Å². The molecular weight excluding hydrogens is 240 g/mol. The number of unbranched alkanes of at least 4 members (excludes halogenated alkanes) is 1.